The molecule has 4 atom stereocenters. The summed E-state index contributed by atoms with van der Waals surface area (Å²) in [4.78, 5) is 0. The summed E-state index contributed by atoms with van der Waals surface area (Å²) in [7, 11) is 1.09. The lowest BCUT2D eigenvalue weighted by Gasteiger charge is -2.34. The zero-order chi connectivity index (χ0) is 25.1. The highest BCUT2D eigenvalue weighted by Gasteiger charge is 2.53. The smallest absolute Gasteiger partial charge is 0.0882 e. The van der Waals surface area contributed by atoms with Crippen molar-refractivity contribution in [2.24, 2.45) is 17.8 Å². The van der Waals surface area contributed by atoms with Gasteiger partial charge in [0, 0.05) is 0 Å². The molecule has 0 saturated heterocycles. The molecular formula is C35H37B. The van der Waals surface area contributed by atoms with Gasteiger partial charge in [0.2, 0.25) is 0 Å². The van der Waals surface area contributed by atoms with Gasteiger partial charge in [0.25, 0.3) is 0 Å². The van der Waals surface area contributed by atoms with Crippen LogP contribution >= 0.6 is 0 Å². The monoisotopic (exact) mass is 468 g/mol. The lowest BCUT2D eigenvalue weighted by Crippen LogP contribution is -2.28. The van der Waals surface area contributed by atoms with E-state index in [0.29, 0.717) is 17.8 Å². The van der Waals surface area contributed by atoms with Crippen molar-refractivity contribution in [3.8, 4) is 0 Å². The fourth-order valence-corrected chi connectivity index (χ4v) is 6.68. The molecule has 4 unspecified atom stereocenters. The van der Waals surface area contributed by atoms with Gasteiger partial charge in [0.05, 0.1) is 5.41 Å². The summed E-state index contributed by atoms with van der Waals surface area (Å²) >= 11 is 0. The van der Waals surface area contributed by atoms with Crippen LogP contribution < -0.4 is 0 Å². The van der Waals surface area contributed by atoms with Crippen molar-refractivity contribution in [2.45, 2.75) is 51.7 Å². The van der Waals surface area contributed by atoms with Gasteiger partial charge in [-0.2, -0.15) is 0 Å². The molecule has 0 bridgehead atoms. The molecule has 1 heteroatoms. The Morgan fingerprint density at radius 3 is 2.17 bits per heavy atom. The third-order valence-corrected chi connectivity index (χ3v) is 9.25. The minimum Gasteiger partial charge on any atom is -0.0882 e. The molecule has 1 aromatic rings. The van der Waals surface area contributed by atoms with Crippen molar-refractivity contribution in [2.75, 3.05) is 0 Å². The van der Waals surface area contributed by atoms with Crippen LogP contribution in [0.3, 0.4) is 0 Å². The Kier molecular flexibility index (Phi) is 5.52. The van der Waals surface area contributed by atoms with Crippen LogP contribution in [0.25, 0.3) is 5.57 Å². The van der Waals surface area contributed by atoms with Gasteiger partial charge in [0.1, 0.15) is 7.28 Å². The number of hydrogen-bond acceptors (Lipinski definition) is 0. The highest BCUT2D eigenvalue weighted by molar-refractivity contribution is 6.40. The van der Waals surface area contributed by atoms with Crippen molar-refractivity contribution in [1.82, 2.24) is 0 Å². The van der Waals surface area contributed by atoms with Crippen molar-refractivity contribution in [1.29, 1.82) is 0 Å². The molecule has 0 amide bonds. The van der Waals surface area contributed by atoms with E-state index in [9.17, 15) is 0 Å². The average Bonchev–Trinajstić information content (AvgIpc) is 3.09. The predicted molar refractivity (Wildman–Crippen MR) is 157 cm³/mol. The fraction of sp³-hybridized carbons (Fsp3) is 0.314. The minimum absolute atomic E-state index is 0.0683. The summed E-state index contributed by atoms with van der Waals surface area (Å²) in [5.74, 6) is 1.50. The van der Waals surface area contributed by atoms with Crippen molar-refractivity contribution in [3.63, 3.8) is 0 Å². The summed E-state index contributed by atoms with van der Waals surface area (Å²) in [5, 5.41) is 0.0683. The van der Waals surface area contributed by atoms with Crippen LogP contribution in [0.4, 0.5) is 0 Å². The van der Waals surface area contributed by atoms with Gasteiger partial charge in [0.15, 0.2) is 0 Å². The van der Waals surface area contributed by atoms with E-state index in [-0.39, 0.29) is 10.7 Å². The third-order valence-electron chi connectivity index (χ3n) is 9.25. The van der Waals surface area contributed by atoms with Crippen LogP contribution in [-0.4, -0.2) is 7.28 Å². The molecule has 1 spiro atoms. The summed E-state index contributed by atoms with van der Waals surface area (Å²) in [6.07, 6.45) is 30.4. The van der Waals surface area contributed by atoms with Crippen LogP contribution in [0.15, 0.2) is 125 Å². The van der Waals surface area contributed by atoms with Gasteiger partial charge in [-0.1, -0.05) is 132 Å². The molecule has 36 heavy (non-hydrogen) atoms. The molecule has 5 aliphatic rings. The SMILES string of the molecule is CBC1(C)C=CC2=C(C=C1)C1(C3=C2C=CC(C(C)C)C=C3)C2=C(C=CC(CC)C=C2)c2ccccc21. The Morgan fingerprint density at radius 1 is 0.778 bits per heavy atom. The number of benzene rings is 1. The molecule has 1 aromatic carbocycles. The highest BCUT2D eigenvalue weighted by Crippen LogP contribution is 2.63. The van der Waals surface area contributed by atoms with Gasteiger partial charge in [-0.15, -0.1) is 0 Å². The summed E-state index contributed by atoms with van der Waals surface area (Å²) in [6.45, 7) is 11.6. The van der Waals surface area contributed by atoms with Gasteiger partial charge in [-0.05, 0) is 74.1 Å². The molecule has 0 aromatic heterocycles. The van der Waals surface area contributed by atoms with Crippen molar-refractivity contribution in [3.05, 3.63) is 136 Å². The van der Waals surface area contributed by atoms with Gasteiger partial charge in [-0.3, -0.25) is 0 Å². The van der Waals surface area contributed by atoms with Crippen LogP contribution in [0.5, 0.6) is 0 Å². The van der Waals surface area contributed by atoms with Gasteiger partial charge in [-0.25, -0.2) is 0 Å². The maximum atomic E-state index is 2.47. The molecule has 180 valence electrons. The Labute approximate surface area is 218 Å². The van der Waals surface area contributed by atoms with E-state index < -0.39 is 0 Å². The lowest BCUT2D eigenvalue weighted by atomic mass is 9.54. The Bertz CT molecular complexity index is 1400. The molecule has 0 fully saturated rings. The van der Waals surface area contributed by atoms with Crippen LogP contribution in [-0.2, 0) is 5.41 Å². The normalized spacial score (nSPS) is 31.6. The molecule has 0 N–H and O–H groups in total. The zero-order valence-electron chi connectivity index (χ0n) is 22.4. The minimum atomic E-state index is -0.285. The van der Waals surface area contributed by atoms with E-state index >= 15 is 0 Å². The van der Waals surface area contributed by atoms with Gasteiger partial charge >= 0.3 is 0 Å². The molecule has 5 aliphatic carbocycles. The van der Waals surface area contributed by atoms with Crippen LogP contribution in [0.1, 0.15) is 45.2 Å². The van der Waals surface area contributed by atoms with E-state index in [4.69, 9.17) is 0 Å². The Morgan fingerprint density at radius 2 is 1.39 bits per heavy atom. The molecule has 0 radical (unpaired) electrons. The first-order valence-corrected chi connectivity index (χ1v) is 13.9. The number of fused-ring (bicyclic) bond motifs is 7. The maximum absolute atomic E-state index is 2.47. The standard InChI is InChI=1S/C35H37B/c1-6-24-11-15-27-26-9-7-8-10-30(26)35(31(27)17-12-24)32-18-14-25(23(2)3)13-16-28(32)29-19-21-34(4,36-5)22-20-33(29)35/h7-25,36H,6H2,1-5H3. The van der Waals surface area contributed by atoms with E-state index in [1.54, 1.807) is 0 Å². The first-order valence-electron chi connectivity index (χ1n) is 13.9. The van der Waals surface area contributed by atoms with Crippen LogP contribution in [0, 0.1) is 17.8 Å². The summed E-state index contributed by atoms with van der Waals surface area (Å²) < 4.78 is 0. The largest absolute Gasteiger partial charge is 0.134 e. The average molecular weight is 468 g/mol. The van der Waals surface area contributed by atoms with E-state index in [1.807, 2.05) is 0 Å². The number of allylic oxidation sites excluding steroid dienone is 18. The second-order valence-corrected chi connectivity index (χ2v) is 11.6. The van der Waals surface area contributed by atoms with E-state index in [2.05, 4.69) is 132 Å². The second-order valence-electron chi connectivity index (χ2n) is 11.6. The maximum Gasteiger partial charge on any atom is 0.134 e. The molecule has 0 aliphatic heterocycles. The molecular weight excluding hydrogens is 431 g/mol. The van der Waals surface area contributed by atoms with E-state index in [0.717, 1.165) is 13.7 Å². The Balaban J connectivity index is 1.70. The summed E-state index contributed by atoms with van der Waals surface area (Å²) in [6, 6.07) is 9.15. The van der Waals surface area contributed by atoms with E-state index in [1.165, 1.54) is 44.6 Å². The van der Waals surface area contributed by atoms with Crippen LogP contribution in [0.2, 0.25) is 12.1 Å². The first-order chi connectivity index (χ1) is 17.4. The quantitative estimate of drug-likeness (QED) is 0.390. The van der Waals surface area contributed by atoms with Crippen molar-refractivity contribution >= 4 is 12.9 Å². The number of rotatable bonds is 3. The highest BCUT2D eigenvalue weighted by atomic mass is 14.5. The Hall–Kier alpha value is -3.06. The molecule has 0 saturated carbocycles. The van der Waals surface area contributed by atoms with Gasteiger partial charge < -0.3 is 0 Å². The number of hydrogen-bond donors (Lipinski definition) is 0. The van der Waals surface area contributed by atoms with Crippen molar-refractivity contribution < 1.29 is 0 Å². The molecule has 0 heterocycles. The summed E-state index contributed by atoms with van der Waals surface area (Å²) in [5.41, 5.74) is 11.0. The fourth-order valence-electron chi connectivity index (χ4n) is 6.68. The zero-order valence-corrected chi connectivity index (χ0v) is 22.4. The predicted octanol–water partition coefficient (Wildman–Crippen LogP) is 8.64. The first kappa shape index (κ1) is 23.3. The third kappa shape index (κ3) is 3.21. The molecule has 6 rings (SSSR count). The molecule has 0 nitrogen and oxygen atoms in total. The second kappa shape index (κ2) is 8.51. The lowest BCUT2D eigenvalue weighted by molar-refractivity contribution is 0.550. The topological polar surface area (TPSA) is 0 Å².